The lowest BCUT2D eigenvalue weighted by molar-refractivity contribution is -0.384. The molecule has 0 unspecified atom stereocenters. The summed E-state index contributed by atoms with van der Waals surface area (Å²) >= 11 is 0. The summed E-state index contributed by atoms with van der Waals surface area (Å²) in [6, 6.07) is 16.1. The molecule has 1 aromatic heterocycles. The Morgan fingerprint density at radius 1 is 1.00 bits per heavy atom. The zero-order valence-corrected chi connectivity index (χ0v) is 21.9. The first-order chi connectivity index (χ1) is 19.1. The number of carbonyl (C=O) groups is 2. The second-order valence-corrected chi connectivity index (χ2v) is 9.50. The number of nitro benzene ring substituents is 1. The molecule has 2 heterocycles. The van der Waals surface area contributed by atoms with Gasteiger partial charge in [0.05, 0.1) is 16.7 Å². The van der Waals surface area contributed by atoms with Crippen molar-refractivity contribution in [2.24, 2.45) is 0 Å². The van der Waals surface area contributed by atoms with Crippen LogP contribution in [0.25, 0.3) is 0 Å². The number of nitrogens with one attached hydrogen (secondary N) is 3. The topological polar surface area (TPSA) is 131 Å². The maximum absolute atomic E-state index is 13.7. The highest BCUT2D eigenvalue weighted by atomic mass is 19.1. The van der Waals surface area contributed by atoms with Gasteiger partial charge in [0.15, 0.2) is 0 Å². The van der Waals surface area contributed by atoms with Crippen LogP contribution in [0.4, 0.5) is 27.3 Å². The van der Waals surface area contributed by atoms with Crippen LogP contribution in [0.3, 0.4) is 0 Å². The van der Waals surface area contributed by atoms with E-state index in [-0.39, 0.29) is 16.8 Å². The Labute approximate surface area is 228 Å². The number of amides is 2. The van der Waals surface area contributed by atoms with Crippen LogP contribution in [0.2, 0.25) is 0 Å². The third kappa shape index (κ3) is 5.04. The van der Waals surface area contributed by atoms with Gasteiger partial charge in [0.2, 0.25) is 0 Å². The summed E-state index contributed by atoms with van der Waals surface area (Å²) in [7, 11) is 0. The van der Waals surface area contributed by atoms with Gasteiger partial charge >= 0.3 is 0 Å². The fraction of sp³-hybridized carbons (Fsp3) is 0.138. The Balaban J connectivity index is 1.57. The molecule has 3 N–H and O–H groups in total. The molecule has 1 aliphatic rings. The summed E-state index contributed by atoms with van der Waals surface area (Å²) in [5.74, 6) is -1.06. The molecule has 10 nitrogen and oxygen atoms in total. The molecule has 40 heavy (non-hydrogen) atoms. The van der Waals surface area contributed by atoms with Crippen molar-refractivity contribution < 1.29 is 18.9 Å². The van der Waals surface area contributed by atoms with E-state index in [0.717, 1.165) is 11.1 Å². The minimum absolute atomic E-state index is 0.147. The summed E-state index contributed by atoms with van der Waals surface area (Å²) in [5, 5.41) is 24.8. The minimum atomic E-state index is -0.880. The number of hydrogen-bond donors (Lipinski definition) is 3. The summed E-state index contributed by atoms with van der Waals surface area (Å²) < 4.78 is 14.8. The predicted molar refractivity (Wildman–Crippen MR) is 149 cm³/mol. The van der Waals surface area contributed by atoms with Crippen molar-refractivity contribution in [1.29, 1.82) is 0 Å². The Kier molecular flexibility index (Phi) is 6.87. The summed E-state index contributed by atoms with van der Waals surface area (Å²) in [4.78, 5) is 38.0. The molecular formula is C29H25FN6O4. The van der Waals surface area contributed by atoms with E-state index >= 15 is 0 Å². The Hall–Kier alpha value is -5.32. The minimum Gasteiger partial charge on any atom is -0.343 e. The van der Waals surface area contributed by atoms with Crippen LogP contribution in [0.5, 0.6) is 0 Å². The molecule has 1 atom stereocenters. The molecule has 2 amide bonds. The van der Waals surface area contributed by atoms with Crippen molar-refractivity contribution in [3.8, 4) is 0 Å². The van der Waals surface area contributed by atoms with Crippen molar-refractivity contribution in [3.05, 3.63) is 122 Å². The number of benzene rings is 3. The molecule has 0 spiro atoms. The SMILES string of the molecule is CC1=C(C(=O)Nc2ccc(C)cc2C)[C@@H](c2cccc([N+](=O)[O-])c2)n2ncc(C(=O)Nc3ccc(F)cc3)c2N1. The van der Waals surface area contributed by atoms with Gasteiger partial charge in [0.25, 0.3) is 17.5 Å². The number of non-ortho nitro benzene ring substituents is 1. The van der Waals surface area contributed by atoms with Gasteiger partial charge in [-0.25, -0.2) is 9.07 Å². The molecule has 0 fully saturated rings. The fourth-order valence-corrected chi connectivity index (χ4v) is 4.71. The normalized spacial score (nSPS) is 14.2. The van der Waals surface area contributed by atoms with Crippen molar-refractivity contribution in [1.82, 2.24) is 9.78 Å². The quantitative estimate of drug-likeness (QED) is 0.212. The van der Waals surface area contributed by atoms with Crippen LogP contribution in [0.15, 0.2) is 84.2 Å². The third-order valence-corrected chi connectivity index (χ3v) is 6.64. The van der Waals surface area contributed by atoms with Crippen molar-refractivity contribution in [3.63, 3.8) is 0 Å². The van der Waals surface area contributed by atoms with Gasteiger partial charge in [-0.1, -0.05) is 29.8 Å². The average molecular weight is 541 g/mol. The maximum atomic E-state index is 13.7. The third-order valence-electron chi connectivity index (χ3n) is 6.64. The predicted octanol–water partition coefficient (Wildman–Crippen LogP) is 5.73. The number of fused-ring (bicyclic) bond motifs is 1. The number of anilines is 3. The molecule has 202 valence electrons. The second kappa shape index (κ2) is 10.4. The Morgan fingerprint density at radius 2 is 1.75 bits per heavy atom. The standard InChI is InChI=1S/C29H25FN6O4/c1-16-7-12-24(17(2)13-16)34-29(38)25-18(3)32-27-23(28(37)33-21-10-8-20(30)9-11-21)15-31-35(27)26(25)19-5-4-6-22(14-19)36(39)40/h4-15,26,32H,1-3H3,(H,33,37)(H,34,38)/t26-/m1/s1. The highest BCUT2D eigenvalue weighted by Crippen LogP contribution is 2.39. The number of hydrogen-bond acceptors (Lipinski definition) is 6. The number of aromatic nitrogens is 2. The number of allylic oxidation sites excluding steroid dienone is 1. The molecule has 3 aromatic carbocycles. The van der Waals surface area contributed by atoms with Crippen molar-refractivity contribution in [2.45, 2.75) is 26.8 Å². The molecule has 0 saturated heterocycles. The van der Waals surface area contributed by atoms with Crippen LogP contribution < -0.4 is 16.0 Å². The molecule has 11 heteroatoms. The number of carbonyl (C=O) groups excluding carboxylic acids is 2. The van der Waals surface area contributed by atoms with E-state index in [9.17, 15) is 24.1 Å². The van der Waals surface area contributed by atoms with Gasteiger partial charge < -0.3 is 16.0 Å². The summed E-state index contributed by atoms with van der Waals surface area (Å²) in [6.07, 6.45) is 1.35. The maximum Gasteiger partial charge on any atom is 0.269 e. The second-order valence-electron chi connectivity index (χ2n) is 9.50. The highest BCUT2D eigenvalue weighted by molar-refractivity contribution is 6.09. The van der Waals surface area contributed by atoms with Gasteiger partial charge in [-0.05, 0) is 62.2 Å². The van der Waals surface area contributed by atoms with Crippen LogP contribution in [0.1, 0.15) is 40.0 Å². The number of aryl methyl sites for hydroxylation is 2. The smallest absolute Gasteiger partial charge is 0.269 e. The molecule has 0 aliphatic carbocycles. The van der Waals surface area contributed by atoms with E-state index in [1.807, 2.05) is 32.0 Å². The number of halogens is 1. The van der Waals surface area contributed by atoms with Gasteiger partial charge in [-0.3, -0.25) is 19.7 Å². The van der Waals surface area contributed by atoms with Crippen molar-refractivity contribution in [2.75, 3.05) is 16.0 Å². The zero-order valence-electron chi connectivity index (χ0n) is 21.9. The first-order valence-corrected chi connectivity index (χ1v) is 12.4. The Morgan fingerprint density at radius 3 is 2.45 bits per heavy atom. The highest BCUT2D eigenvalue weighted by Gasteiger charge is 2.36. The molecular weight excluding hydrogens is 515 g/mol. The monoisotopic (exact) mass is 540 g/mol. The largest absolute Gasteiger partial charge is 0.343 e. The summed E-state index contributed by atoms with van der Waals surface area (Å²) in [5.41, 5.74) is 4.13. The van der Waals surface area contributed by atoms with Gasteiger partial charge in [0, 0.05) is 29.2 Å². The van der Waals surface area contributed by atoms with Crippen LogP contribution >= 0.6 is 0 Å². The van der Waals surface area contributed by atoms with Crippen molar-refractivity contribution >= 4 is 34.7 Å². The Bertz CT molecular complexity index is 1690. The fourth-order valence-electron chi connectivity index (χ4n) is 4.71. The van der Waals surface area contributed by atoms with E-state index in [2.05, 4.69) is 21.0 Å². The molecule has 0 bridgehead atoms. The molecule has 1 aliphatic heterocycles. The molecule has 4 aromatic rings. The van der Waals surface area contributed by atoms with E-state index in [1.54, 1.807) is 13.0 Å². The lowest BCUT2D eigenvalue weighted by Crippen LogP contribution is -2.32. The van der Waals surface area contributed by atoms with Crippen LogP contribution in [-0.2, 0) is 4.79 Å². The molecule has 0 saturated carbocycles. The van der Waals surface area contributed by atoms with E-state index in [0.29, 0.717) is 28.5 Å². The zero-order chi connectivity index (χ0) is 28.6. The molecule has 0 radical (unpaired) electrons. The van der Waals surface area contributed by atoms with Gasteiger partial charge in [-0.2, -0.15) is 5.10 Å². The number of rotatable bonds is 6. The van der Waals surface area contributed by atoms with E-state index < -0.39 is 28.6 Å². The number of nitro groups is 1. The lowest BCUT2D eigenvalue weighted by atomic mass is 9.94. The van der Waals surface area contributed by atoms with E-state index in [4.69, 9.17) is 0 Å². The lowest BCUT2D eigenvalue weighted by Gasteiger charge is -2.30. The number of nitrogens with zero attached hydrogens (tertiary/aromatic N) is 3. The summed E-state index contributed by atoms with van der Waals surface area (Å²) in [6.45, 7) is 5.54. The first-order valence-electron chi connectivity index (χ1n) is 12.4. The average Bonchev–Trinajstić information content (AvgIpc) is 3.34. The van der Waals surface area contributed by atoms with E-state index in [1.165, 1.54) is 53.3 Å². The van der Waals surface area contributed by atoms with Gasteiger partial charge in [-0.15, -0.1) is 0 Å². The van der Waals surface area contributed by atoms with Crippen LogP contribution in [-0.4, -0.2) is 26.5 Å². The first kappa shape index (κ1) is 26.3. The van der Waals surface area contributed by atoms with Crippen LogP contribution in [0, 0.1) is 29.8 Å². The van der Waals surface area contributed by atoms with Gasteiger partial charge in [0.1, 0.15) is 23.2 Å². The molecule has 5 rings (SSSR count).